The lowest BCUT2D eigenvalue weighted by atomic mass is 9.97. The van der Waals surface area contributed by atoms with Crippen LogP contribution in [0.4, 0.5) is 10.1 Å². The molecule has 116 valence electrons. The van der Waals surface area contributed by atoms with Gasteiger partial charge in [-0.2, -0.15) is 0 Å². The highest BCUT2D eigenvalue weighted by Crippen LogP contribution is 2.20. The largest absolute Gasteiger partial charge is 0.382 e. The Hall–Kier alpha value is -1.62. The zero-order valence-electron chi connectivity index (χ0n) is 12.8. The number of nitrogens with zero attached hydrogens (tertiary/aromatic N) is 1. The average molecular weight is 293 g/mol. The first-order valence-corrected chi connectivity index (χ1v) is 7.61. The number of halogens is 1. The van der Waals surface area contributed by atoms with Crippen molar-refractivity contribution in [2.75, 3.05) is 38.5 Å². The van der Waals surface area contributed by atoms with E-state index in [2.05, 4.69) is 22.6 Å². The normalized spacial score (nSPS) is 16.7. The Labute approximate surface area is 125 Å². The van der Waals surface area contributed by atoms with Gasteiger partial charge in [-0.25, -0.2) is 4.39 Å². The minimum atomic E-state index is -0.385. The van der Waals surface area contributed by atoms with Gasteiger partial charge in [0.2, 0.25) is 0 Å². The minimum Gasteiger partial charge on any atom is -0.382 e. The maximum atomic E-state index is 13.8. The maximum absolute atomic E-state index is 13.8. The van der Waals surface area contributed by atoms with Crippen LogP contribution < -0.4 is 10.6 Å². The zero-order chi connectivity index (χ0) is 15.2. The third kappa shape index (κ3) is 4.17. The highest BCUT2D eigenvalue weighted by Gasteiger charge is 2.19. The highest BCUT2D eigenvalue weighted by molar-refractivity contribution is 5.99. The van der Waals surface area contributed by atoms with E-state index in [-0.39, 0.29) is 11.7 Å². The van der Waals surface area contributed by atoms with E-state index in [1.807, 2.05) is 6.92 Å². The minimum absolute atomic E-state index is 0.204. The highest BCUT2D eigenvalue weighted by atomic mass is 19.1. The van der Waals surface area contributed by atoms with Gasteiger partial charge in [-0.1, -0.05) is 6.07 Å². The Morgan fingerprint density at radius 1 is 1.38 bits per heavy atom. The molecule has 1 fully saturated rings. The fraction of sp³-hybridized carbons (Fsp3) is 0.562. The van der Waals surface area contributed by atoms with Gasteiger partial charge < -0.3 is 15.5 Å². The monoisotopic (exact) mass is 293 g/mol. The van der Waals surface area contributed by atoms with E-state index in [1.165, 1.54) is 6.07 Å². The average Bonchev–Trinajstić information content (AvgIpc) is 2.48. The van der Waals surface area contributed by atoms with Crippen molar-refractivity contribution >= 4 is 11.6 Å². The van der Waals surface area contributed by atoms with Crippen molar-refractivity contribution in [3.8, 4) is 0 Å². The van der Waals surface area contributed by atoms with Gasteiger partial charge in [0.05, 0.1) is 11.3 Å². The van der Waals surface area contributed by atoms with Gasteiger partial charge in [-0.05, 0) is 58.0 Å². The summed E-state index contributed by atoms with van der Waals surface area (Å²) < 4.78 is 13.8. The summed E-state index contributed by atoms with van der Waals surface area (Å²) >= 11 is 0. The molecule has 0 bridgehead atoms. The van der Waals surface area contributed by atoms with Crippen molar-refractivity contribution in [3.63, 3.8) is 0 Å². The first-order chi connectivity index (χ1) is 10.1. The van der Waals surface area contributed by atoms with Gasteiger partial charge in [-0.15, -0.1) is 0 Å². The molecule has 1 amide bonds. The summed E-state index contributed by atoms with van der Waals surface area (Å²) in [5.41, 5.74) is 0.672. The molecule has 0 atom stereocenters. The van der Waals surface area contributed by atoms with Crippen molar-refractivity contribution in [2.24, 2.45) is 5.92 Å². The first kappa shape index (κ1) is 15.8. The van der Waals surface area contributed by atoms with Gasteiger partial charge >= 0.3 is 0 Å². The maximum Gasteiger partial charge on any atom is 0.253 e. The Morgan fingerprint density at radius 3 is 2.76 bits per heavy atom. The number of amides is 1. The van der Waals surface area contributed by atoms with Crippen molar-refractivity contribution < 1.29 is 9.18 Å². The molecule has 0 aliphatic carbocycles. The summed E-state index contributed by atoms with van der Waals surface area (Å²) in [5.74, 6) is -0.0746. The SMILES string of the molecule is CCNc1c(F)cccc1C(=O)NCC1CCN(C)CC1. The van der Waals surface area contributed by atoms with Crippen LogP contribution in [0.1, 0.15) is 30.1 Å². The van der Waals surface area contributed by atoms with Crippen LogP contribution in [0.15, 0.2) is 18.2 Å². The van der Waals surface area contributed by atoms with E-state index >= 15 is 0 Å². The number of carbonyl (C=O) groups is 1. The quantitative estimate of drug-likeness (QED) is 0.876. The second-order valence-electron chi connectivity index (χ2n) is 5.65. The third-order valence-corrected chi connectivity index (χ3v) is 4.00. The van der Waals surface area contributed by atoms with E-state index in [0.717, 1.165) is 25.9 Å². The number of hydrogen-bond donors (Lipinski definition) is 2. The summed E-state index contributed by atoms with van der Waals surface area (Å²) in [4.78, 5) is 14.6. The third-order valence-electron chi connectivity index (χ3n) is 4.00. The molecule has 2 rings (SSSR count). The van der Waals surface area contributed by atoms with Crippen LogP contribution in [0.5, 0.6) is 0 Å². The Bertz CT molecular complexity index is 484. The van der Waals surface area contributed by atoms with Crippen LogP contribution in [-0.2, 0) is 0 Å². The van der Waals surface area contributed by atoms with Crippen molar-refractivity contribution in [1.82, 2.24) is 10.2 Å². The summed E-state index contributed by atoms with van der Waals surface area (Å²) in [7, 11) is 2.12. The number of anilines is 1. The number of rotatable bonds is 5. The summed E-state index contributed by atoms with van der Waals surface area (Å²) in [5, 5.41) is 5.87. The van der Waals surface area contributed by atoms with Crippen LogP contribution >= 0.6 is 0 Å². The van der Waals surface area contributed by atoms with Crippen molar-refractivity contribution in [1.29, 1.82) is 0 Å². The van der Waals surface area contributed by atoms with Crippen molar-refractivity contribution in [3.05, 3.63) is 29.6 Å². The number of nitrogens with one attached hydrogen (secondary N) is 2. The predicted molar refractivity (Wildman–Crippen MR) is 83.1 cm³/mol. The molecule has 2 N–H and O–H groups in total. The number of carbonyl (C=O) groups excluding carboxylic acids is 1. The Morgan fingerprint density at radius 2 is 2.10 bits per heavy atom. The predicted octanol–water partition coefficient (Wildman–Crippen LogP) is 2.33. The zero-order valence-corrected chi connectivity index (χ0v) is 12.8. The van der Waals surface area contributed by atoms with E-state index in [4.69, 9.17) is 0 Å². The Kier molecular flexibility index (Phi) is 5.56. The van der Waals surface area contributed by atoms with Gasteiger partial charge in [0.15, 0.2) is 0 Å². The molecule has 0 unspecified atom stereocenters. The molecule has 0 saturated carbocycles. The van der Waals surface area contributed by atoms with Crippen LogP contribution in [0.2, 0.25) is 0 Å². The lowest BCUT2D eigenvalue weighted by Crippen LogP contribution is -2.37. The molecule has 1 aromatic rings. The van der Waals surface area contributed by atoms with Gasteiger partial charge in [0.1, 0.15) is 5.82 Å². The number of benzene rings is 1. The molecule has 0 radical (unpaired) electrons. The van der Waals surface area contributed by atoms with E-state index in [9.17, 15) is 9.18 Å². The molecule has 21 heavy (non-hydrogen) atoms. The Balaban J connectivity index is 1.95. The lowest BCUT2D eigenvalue weighted by Gasteiger charge is -2.29. The van der Waals surface area contributed by atoms with Gasteiger partial charge in [-0.3, -0.25) is 4.79 Å². The fourth-order valence-electron chi connectivity index (χ4n) is 2.67. The topological polar surface area (TPSA) is 44.4 Å². The van der Waals surface area contributed by atoms with E-state index in [0.29, 0.717) is 30.3 Å². The molecule has 1 heterocycles. The molecule has 4 nitrogen and oxygen atoms in total. The first-order valence-electron chi connectivity index (χ1n) is 7.61. The lowest BCUT2D eigenvalue weighted by molar-refractivity contribution is 0.0939. The number of para-hydroxylation sites is 1. The number of hydrogen-bond acceptors (Lipinski definition) is 3. The smallest absolute Gasteiger partial charge is 0.253 e. The molecule has 5 heteroatoms. The fourth-order valence-corrected chi connectivity index (χ4v) is 2.67. The van der Waals surface area contributed by atoms with Crippen LogP contribution in [0.3, 0.4) is 0 Å². The molecule has 1 aliphatic rings. The van der Waals surface area contributed by atoms with Crippen LogP contribution in [0.25, 0.3) is 0 Å². The molecule has 1 saturated heterocycles. The molecular weight excluding hydrogens is 269 g/mol. The number of piperidine rings is 1. The van der Waals surface area contributed by atoms with Crippen LogP contribution in [-0.4, -0.2) is 44.0 Å². The summed E-state index contributed by atoms with van der Waals surface area (Å²) in [6.45, 7) is 5.27. The van der Waals surface area contributed by atoms with Gasteiger partial charge in [0, 0.05) is 13.1 Å². The van der Waals surface area contributed by atoms with E-state index in [1.54, 1.807) is 12.1 Å². The molecule has 0 spiro atoms. The molecule has 0 aromatic heterocycles. The second kappa shape index (κ2) is 7.41. The second-order valence-corrected chi connectivity index (χ2v) is 5.65. The molecular formula is C16H24FN3O. The van der Waals surface area contributed by atoms with Crippen molar-refractivity contribution in [2.45, 2.75) is 19.8 Å². The van der Waals surface area contributed by atoms with Crippen LogP contribution in [0, 0.1) is 11.7 Å². The standard InChI is InChI=1S/C16H24FN3O/c1-3-18-15-13(5-4-6-14(15)17)16(21)19-11-12-7-9-20(2)10-8-12/h4-6,12,18H,3,7-11H2,1-2H3,(H,19,21). The summed E-state index contributed by atoms with van der Waals surface area (Å²) in [6.07, 6.45) is 2.19. The molecule has 1 aromatic carbocycles. The summed E-state index contributed by atoms with van der Waals surface area (Å²) in [6, 6.07) is 4.59. The van der Waals surface area contributed by atoms with E-state index < -0.39 is 0 Å². The number of likely N-dealkylation sites (tertiary alicyclic amines) is 1. The molecule has 1 aliphatic heterocycles. The van der Waals surface area contributed by atoms with Gasteiger partial charge in [0.25, 0.3) is 5.91 Å².